The number of allylic oxidation sites excluding steroid dienone is 1. The Bertz CT molecular complexity index is 1160. The summed E-state index contributed by atoms with van der Waals surface area (Å²) in [7, 11) is 0. The Kier molecular flexibility index (Phi) is 4.84. The van der Waals surface area contributed by atoms with Crippen molar-refractivity contribution in [3.63, 3.8) is 0 Å². The van der Waals surface area contributed by atoms with Crippen molar-refractivity contribution < 1.29 is 14.7 Å². The van der Waals surface area contributed by atoms with Crippen molar-refractivity contribution in [2.45, 2.75) is 26.3 Å². The maximum Gasteiger partial charge on any atom is 0.262 e. The van der Waals surface area contributed by atoms with Gasteiger partial charge in [0.05, 0.1) is 28.2 Å². The van der Waals surface area contributed by atoms with E-state index < -0.39 is 17.9 Å². The molecule has 1 aliphatic heterocycles. The van der Waals surface area contributed by atoms with Gasteiger partial charge < -0.3 is 10.1 Å². The molecule has 1 aliphatic rings. The van der Waals surface area contributed by atoms with E-state index in [1.165, 1.54) is 0 Å². The van der Waals surface area contributed by atoms with Gasteiger partial charge in [0, 0.05) is 0 Å². The SMILES string of the molecule is CC(C)CC(/C(O)=C(/C#N)c1nc2ccccc2[nH]1)N1C(=O)c2ccccc2C1=O. The molecule has 30 heavy (non-hydrogen) atoms. The highest BCUT2D eigenvalue weighted by atomic mass is 16.3. The monoisotopic (exact) mass is 400 g/mol. The number of benzene rings is 2. The van der Waals surface area contributed by atoms with Crippen LogP contribution in [0.25, 0.3) is 16.6 Å². The summed E-state index contributed by atoms with van der Waals surface area (Å²) in [6.07, 6.45) is 0.308. The molecule has 2 amide bonds. The topological polar surface area (TPSA) is 110 Å². The summed E-state index contributed by atoms with van der Waals surface area (Å²) < 4.78 is 0. The fourth-order valence-electron chi connectivity index (χ4n) is 3.75. The van der Waals surface area contributed by atoms with Gasteiger partial charge in [-0.2, -0.15) is 5.26 Å². The average molecular weight is 400 g/mol. The van der Waals surface area contributed by atoms with Crippen LogP contribution in [0, 0.1) is 17.2 Å². The summed E-state index contributed by atoms with van der Waals surface area (Å²) in [4.78, 5) is 34.4. The predicted octanol–water partition coefficient (Wildman–Crippen LogP) is 4.07. The highest BCUT2D eigenvalue weighted by molar-refractivity contribution is 6.21. The van der Waals surface area contributed by atoms with E-state index in [2.05, 4.69) is 9.97 Å². The molecule has 0 bridgehead atoms. The lowest BCUT2D eigenvalue weighted by Gasteiger charge is -2.27. The molecule has 2 heterocycles. The number of aromatic amines is 1. The molecular formula is C23H20N4O3. The first-order valence-corrected chi connectivity index (χ1v) is 9.67. The van der Waals surface area contributed by atoms with Gasteiger partial charge in [-0.15, -0.1) is 0 Å². The van der Waals surface area contributed by atoms with Gasteiger partial charge in [-0.25, -0.2) is 4.98 Å². The van der Waals surface area contributed by atoms with Crippen LogP contribution in [0.3, 0.4) is 0 Å². The molecule has 7 heteroatoms. The molecule has 7 nitrogen and oxygen atoms in total. The van der Waals surface area contributed by atoms with Crippen LogP contribution in [0.1, 0.15) is 46.8 Å². The quantitative estimate of drug-likeness (QED) is 0.381. The molecule has 1 atom stereocenters. The van der Waals surface area contributed by atoms with Crippen molar-refractivity contribution in [3.8, 4) is 6.07 Å². The molecule has 150 valence electrons. The number of fused-ring (bicyclic) bond motifs is 2. The third-order valence-electron chi connectivity index (χ3n) is 5.14. The first kappa shape index (κ1) is 19.4. The fourth-order valence-corrected chi connectivity index (χ4v) is 3.75. The third-order valence-corrected chi connectivity index (χ3v) is 5.14. The average Bonchev–Trinajstić information content (AvgIpc) is 3.26. The van der Waals surface area contributed by atoms with Crippen LogP contribution in [0.2, 0.25) is 0 Å². The molecule has 2 aromatic carbocycles. The fraction of sp³-hybridized carbons (Fsp3) is 0.217. The van der Waals surface area contributed by atoms with Crippen molar-refractivity contribution in [3.05, 3.63) is 71.2 Å². The number of aromatic nitrogens is 2. The zero-order chi connectivity index (χ0) is 21.4. The van der Waals surface area contributed by atoms with Crippen LogP contribution in [0.15, 0.2) is 54.3 Å². The molecule has 1 aromatic heterocycles. The molecule has 0 radical (unpaired) electrons. The van der Waals surface area contributed by atoms with Crippen LogP contribution in [0.5, 0.6) is 0 Å². The van der Waals surface area contributed by atoms with E-state index in [0.717, 1.165) is 4.90 Å². The van der Waals surface area contributed by atoms with Gasteiger partial charge in [0.15, 0.2) is 5.82 Å². The van der Waals surface area contributed by atoms with Gasteiger partial charge in [-0.05, 0) is 36.6 Å². The summed E-state index contributed by atoms with van der Waals surface area (Å²) in [5.41, 5.74) is 1.87. The highest BCUT2D eigenvalue weighted by Crippen LogP contribution is 2.32. The van der Waals surface area contributed by atoms with Crippen molar-refractivity contribution in [2.24, 2.45) is 5.92 Å². The van der Waals surface area contributed by atoms with Crippen LogP contribution in [0.4, 0.5) is 0 Å². The van der Waals surface area contributed by atoms with E-state index in [1.54, 1.807) is 30.3 Å². The Morgan fingerprint density at radius 3 is 2.27 bits per heavy atom. The molecule has 0 aliphatic carbocycles. The number of hydrogen-bond acceptors (Lipinski definition) is 5. The maximum absolute atomic E-state index is 13.0. The second kappa shape index (κ2) is 7.48. The van der Waals surface area contributed by atoms with Gasteiger partial charge in [0.1, 0.15) is 17.4 Å². The Morgan fingerprint density at radius 1 is 1.10 bits per heavy atom. The molecule has 0 saturated heterocycles. The first-order chi connectivity index (χ1) is 14.4. The minimum absolute atomic E-state index is 0.0529. The number of para-hydroxylation sites is 2. The maximum atomic E-state index is 13.0. The van der Waals surface area contributed by atoms with E-state index in [4.69, 9.17) is 0 Å². The van der Waals surface area contributed by atoms with Gasteiger partial charge in [0.2, 0.25) is 0 Å². The predicted molar refractivity (Wildman–Crippen MR) is 111 cm³/mol. The second-order valence-electron chi connectivity index (χ2n) is 7.65. The molecule has 0 saturated carbocycles. The number of H-pyrrole nitrogens is 1. The van der Waals surface area contributed by atoms with Crippen LogP contribution < -0.4 is 0 Å². The summed E-state index contributed by atoms with van der Waals surface area (Å²) >= 11 is 0. The molecule has 1 unspecified atom stereocenters. The molecule has 3 aromatic rings. The van der Waals surface area contributed by atoms with Crippen molar-refractivity contribution in [1.29, 1.82) is 5.26 Å². The highest BCUT2D eigenvalue weighted by Gasteiger charge is 2.42. The van der Waals surface area contributed by atoms with Crippen molar-refractivity contribution in [1.82, 2.24) is 14.9 Å². The van der Waals surface area contributed by atoms with E-state index in [0.29, 0.717) is 28.6 Å². The van der Waals surface area contributed by atoms with E-state index >= 15 is 0 Å². The summed E-state index contributed by atoms with van der Waals surface area (Å²) in [5, 5.41) is 20.9. The first-order valence-electron chi connectivity index (χ1n) is 9.67. The van der Waals surface area contributed by atoms with Crippen LogP contribution >= 0.6 is 0 Å². The Morgan fingerprint density at radius 2 is 1.70 bits per heavy atom. The number of carbonyl (C=O) groups excluding carboxylic acids is 2. The zero-order valence-electron chi connectivity index (χ0n) is 16.6. The lowest BCUT2D eigenvalue weighted by atomic mass is 9.98. The Balaban J connectivity index is 1.83. The van der Waals surface area contributed by atoms with Crippen molar-refractivity contribution >= 4 is 28.4 Å². The Hall–Kier alpha value is -3.92. The number of nitrogens with one attached hydrogen (secondary N) is 1. The van der Waals surface area contributed by atoms with Crippen LogP contribution in [-0.4, -0.2) is 37.8 Å². The zero-order valence-corrected chi connectivity index (χ0v) is 16.6. The number of aliphatic hydroxyl groups excluding tert-OH is 1. The third kappa shape index (κ3) is 3.12. The Labute approximate surface area is 173 Å². The number of rotatable bonds is 5. The minimum atomic E-state index is -0.972. The van der Waals surface area contributed by atoms with Gasteiger partial charge in [-0.3, -0.25) is 14.5 Å². The van der Waals surface area contributed by atoms with E-state index in [9.17, 15) is 20.0 Å². The molecular weight excluding hydrogens is 380 g/mol. The number of nitrogens with zero attached hydrogens (tertiary/aromatic N) is 3. The standard InChI is InChI=1S/C23H20N4O3/c1-13(2)11-19(27-22(29)14-7-3-4-8-15(14)23(27)30)20(28)16(12-24)21-25-17-9-5-6-10-18(17)26-21/h3-10,13,19,28H,11H2,1-2H3,(H,25,26)/b20-16+. The second-order valence-corrected chi connectivity index (χ2v) is 7.65. The van der Waals surface area contributed by atoms with Gasteiger partial charge >= 0.3 is 0 Å². The number of imide groups is 1. The lowest BCUT2D eigenvalue weighted by Crippen LogP contribution is -2.42. The summed E-state index contributed by atoms with van der Waals surface area (Å²) in [6, 6.07) is 14.8. The smallest absolute Gasteiger partial charge is 0.262 e. The summed E-state index contributed by atoms with van der Waals surface area (Å²) in [6.45, 7) is 3.84. The normalized spacial score (nSPS) is 15.3. The number of aliphatic hydroxyl groups is 1. The molecule has 2 N–H and O–H groups in total. The van der Waals surface area contributed by atoms with Gasteiger partial charge in [-0.1, -0.05) is 38.1 Å². The molecule has 0 spiro atoms. The largest absolute Gasteiger partial charge is 0.509 e. The van der Waals surface area contributed by atoms with Crippen LogP contribution in [-0.2, 0) is 0 Å². The molecule has 0 fully saturated rings. The lowest BCUT2D eigenvalue weighted by molar-refractivity contribution is 0.0558. The number of hydrogen-bond donors (Lipinski definition) is 2. The van der Waals surface area contributed by atoms with E-state index in [-0.39, 0.29) is 23.1 Å². The number of imidazole rings is 1. The van der Waals surface area contributed by atoms with Gasteiger partial charge in [0.25, 0.3) is 11.8 Å². The summed E-state index contributed by atoms with van der Waals surface area (Å²) in [5.74, 6) is -1.05. The van der Waals surface area contributed by atoms with Crippen molar-refractivity contribution in [2.75, 3.05) is 0 Å². The van der Waals surface area contributed by atoms with E-state index in [1.807, 2.05) is 38.1 Å². The number of carbonyl (C=O) groups is 2. The number of nitriles is 1. The molecule has 4 rings (SSSR count). The number of amides is 2. The minimum Gasteiger partial charge on any atom is -0.509 e.